The van der Waals surface area contributed by atoms with Crippen molar-refractivity contribution in [2.45, 2.75) is 53.5 Å². The molecule has 0 spiro atoms. The van der Waals surface area contributed by atoms with Gasteiger partial charge in [-0.3, -0.25) is 0 Å². The first-order valence-corrected chi connectivity index (χ1v) is 7.61. The van der Waals surface area contributed by atoms with Crippen molar-refractivity contribution in [1.29, 1.82) is 0 Å². The molecule has 1 unspecified atom stereocenters. The molecule has 1 aromatic rings. The van der Waals surface area contributed by atoms with Gasteiger partial charge in [0.15, 0.2) is 0 Å². The van der Waals surface area contributed by atoms with Crippen LogP contribution in [0, 0.1) is 11.3 Å². The molecule has 114 valence electrons. The molecular formula is C18H31NO. The Morgan fingerprint density at radius 1 is 1.00 bits per heavy atom. The largest absolute Gasteiger partial charge is 0.494 e. The molecule has 0 aliphatic heterocycles. The van der Waals surface area contributed by atoms with Crippen LogP contribution in [0.4, 0.5) is 0 Å². The fourth-order valence-electron chi connectivity index (χ4n) is 2.11. The minimum absolute atomic E-state index is 0.170. The Bertz CT molecular complexity index is 373. The van der Waals surface area contributed by atoms with Crippen molar-refractivity contribution < 1.29 is 4.74 Å². The van der Waals surface area contributed by atoms with Crippen molar-refractivity contribution >= 4 is 0 Å². The molecule has 0 fully saturated rings. The van der Waals surface area contributed by atoms with E-state index >= 15 is 0 Å². The first kappa shape index (κ1) is 17.0. The van der Waals surface area contributed by atoms with E-state index in [-0.39, 0.29) is 11.0 Å². The second-order valence-corrected chi connectivity index (χ2v) is 7.64. The summed E-state index contributed by atoms with van der Waals surface area (Å²) < 4.78 is 5.84. The van der Waals surface area contributed by atoms with E-state index in [1.54, 1.807) is 0 Å². The fourth-order valence-corrected chi connectivity index (χ4v) is 2.11. The molecule has 0 amide bonds. The average Bonchev–Trinajstić information content (AvgIpc) is 2.32. The van der Waals surface area contributed by atoms with Gasteiger partial charge in [-0.05, 0) is 57.2 Å². The third kappa shape index (κ3) is 6.95. The Hall–Kier alpha value is -1.02. The molecule has 0 saturated heterocycles. The predicted molar refractivity (Wildman–Crippen MR) is 87.3 cm³/mol. The molecule has 20 heavy (non-hydrogen) atoms. The summed E-state index contributed by atoms with van der Waals surface area (Å²) in [5.41, 5.74) is 0.460. The molecule has 0 bridgehead atoms. The number of ether oxygens (including phenoxy) is 1. The van der Waals surface area contributed by atoms with Crippen LogP contribution in [-0.2, 0) is 0 Å². The zero-order valence-electron chi connectivity index (χ0n) is 14.0. The van der Waals surface area contributed by atoms with Crippen LogP contribution in [0.1, 0.15) is 48.0 Å². The van der Waals surface area contributed by atoms with Crippen LogP contribution >= 0.6 is 0 Å². The van der Waals surface area contributed by atoms with Gasteiger partial charge in [-0.1, -0.05) is 39.0 Å². The summed E-state index contributed by atoms with van der Waals surface area (Å²) in [7, 11) is 0. The van der Waals surface area contributed by atoms with E-state index in [9.17, 15) is 0 Å². The maximum Gasteiger partial charge on any atom is 0.119 e. The quantitative estimate of drug-likeness (QED) is 0.826. The van der Waals surface area contributed by atoms with Gasteiger partial charge in [0.05, 0.1) is 6.61 Å². The second-order valence-electron chi connectivity index (χ2n) is 7.64. The molecule has 0 saturated carbocycles. The van der Waals surface area contributed by atoms with Crippen LogP contribution < -0.4 is 10.1 Å². The lowest BCUT2D eigenvalue weighted by molar-refractivity contribution is 0.170. The molecule has 2 heteroatoms. The third-order valence-corrected chi connectivity index (χ3v) is 3.58. The van der Waals surface area contributed by atoms with Gasteiger partial charge in [0, 0.05) is 5.54 Å². The smallest absolute Gasteiger partial charge is 0.119 e. The highest BCUT2D eigenvalue weighted by Gasteiger charge is 2.25. The average molecular weight is 277 g/mol. The lowest BCUT2D eigenvalue weighted by Gasteiger charge is -2.34. The van der Waals surface area contributed by atoms with Gasteiger partial charge in [-0.25, -0.2) is 0 Å². The highest BCUT2D eigenvalue weighted by molar-refractivity contribution is 5.20. The van der Waals surface area contributed by atoms with Crippen LogP contribution in [0.3, 0.4) is 0 Å². The zero-order chi connectivity index (χ0) is 15.2. The van der Waals surface area contributed by atoms with E-state index in [4.69, 9.17) is 4.74 Å². The van der Waals surface area contributed by atoms with E-state index in [2.05, 4.69) is 46.9 Å². The summed E-state index contributed by atoms with van der Waals surface area (Å²) in [6.07, 6.45) is 1.07. The van der Waals surface area contributed by atoms with Gasteiger partial charge in [0.1, 0.15) is 5.75 Å². The summed E-state index contributed by atoms with van der Waals surface area (Å²) in [5, 5.41) is 3.62. The van der Waals surface area contributed by atoms with Crippen LogP contribution in [-0.4, -0.2) is 18.7 Å². The molecule has 2 nitrogen and oxygen atoms in total. The van der Waals surface area contributed by atoms with Crippen molar-refractivity contribution in [2.24, 2.45) is 11.3 Å². The van der Waals surface area contributed by atoms with E-state index in [1.165, 1.54) is 0 Å². The van der Waals surface area contributed by atoms with Crippen molar-refractivity contribution in [1.82, 2.24) is 5.32 Å². The predicted octanol–water partition coefficient (Wildman–Crippen LogP) is 4.51. The van der Waals surface area contributed by atoms with Gasteiger partial charge < -0.3 is 10.1 Å². The highest BCUT2D eigenvalue weighted by atomic mass is 16.5. The Labute approximate surface area is 124 Å². The van der Waals surface area contributed by atoms with E-state index in [0.29, 0.717) is 5.92 Å². The van der Waals surface area contributed by atoms with E-state index in [1.807, 2.05) is 30.3 Å². The first-order valence-electron chi connectivity index (χ1n) is 7.61. The standard InChI is InChI=1S/C18H31NO/c1-17(2,3)15(14-19-18(4,5)6)12-13-20-16-10-8-7-9-11-16/h7-11,15,19H,12-14H2,1-6H3. The first-order chi connectivity index (χ1) is 9.18. The topological polar surface area (TPSA) is 21.3 Å². The van der Waals surface area contributed by atoms with Crippen LogP contribution in [0.25, 0.3) is 0 Å². The maximum absolute atomic E-state index is 5.84. The highest BCUT2D eigenvalue weighted by Crippen LogP contribution is 2.28. The second kappa shape index (κ2) is 7.12. The molecule has 1 atom stereocenters. The molecule has 0 radical (unpaired) electrons. The molecule has 1 rings (SSSR count). The molecule has 1 aromatic carbocycles. The summed E-state index contributed by atoms with van der Waals surface area (Å²) in [6.45, 7) is 15.4. The van der Waals surface area contributed by atoms with Gasteiger partial charge in [0.25, 0.3) is 0 Å². The summed E-state index contributed by atoms with van der Waals surface area (Å²) >= 11 is 0. The molecule has 0 aliphatic carbocycles. The SMILES string of the molecule is CC(C)(C)NCC(CCOc1ccccc1)C(C)(C)C. The number of rotatable bonds is 6. The normalized spacial score (nSPS) is 14.1. The number of para-hydroxylation sites is 1. The lowest BCUT2D eigenvalue weighted by atomic mass is 9.78. The Kier molecular flexibility index (Phi) is 6.07. The molecule has 0 aliphatic rings. The van der Waals surface area contributed by atoms with Crippen molar-refractivity contribution in [2.75, 3.05) is 13.2 Å². The van der Waals surface area contributed by atoms with Crippen molar-refractivity contribution in [3.8, 4) is 5.75 Å². The van der Waals surface area contributed by atoms with Gasteiger partial charge in [-0.15, -0.1) is 0 Å². The fraction of sp³-hybridized carbons (Fsp3) is 0.667. The zero-order valence-corrected chi connectivity index (χ0v) is 14.0. The molecule has 1 N–H and O–H groups in total. The van der Waals surface area contributed by atoms with E-state index in [0.717, 1.165) is 25.3 Å². The minimum atomic E-state index is 0.170. The Morgan fingerprint density at radius 2 is 1.60 bits per heavy atom. The van der Waals surface area contributed by atoms with Gasteiger partial charge >= 0.3 is 0 Å². The monoisotopic (exact) mass is 277 g/mol. The molecule has 0 heterocycles. The maximum atomic E-state index is 5.84. The summed E-state index contributed by atoms with van der Waals surface area (Å²) in [5.74, 6) is 1.56. The summed E-state index contributed by atoms with van der Waals surface area (Å²) in [4.78, 5) is 0. The number of hydrogen-bond acceptors (Lipinski definition) is 2. The van der Waals surface area contributed by atoms with Gasteiger partial charge in [-0.2, -0.15) is 0 Å². The van der Waals surface area contributed by atoms with Crippen LogP contribution in [0.15, 0.2) is 30.3 Å². The Morgan fingerprint density at radius 3 is 2.10 bits per heavy atom. The molecular weight excluding hydrogens is 246 g/mol. The number of hydrogen-bond donors (Lipinski definition) is 1. The van der Waals surface area contributed by atoms with Crippen molar-refractivity contribution in [3.63, 3.8) is 0 Å². The van der Waals surface area contributed by atoms with Gasteiger partial charge in [0.2, 0.25) is 0 Å². The Balaban J connectivity index is 2.45. The van der Waals surface area contributed by atoms with E-state index < -0.39 is 0 Å². The lowest BCUT2D eigenvalue weighted by Crippen LogP contribution is -2.42. The van der Waals surface area contributed by atoms with Crippen molar-refractivity contribution in [3.05, 3.63) is 30.3 Å². The summed E-state index contributed by atoms with van der Waals surface area (Å²) in [6, 6.07) is 10.1. The minimum Gasteiger partial charge on any atom is -0.494 e. The molecule has 0 aromatic heterocycles. The van der Waals surface area contributed by atoms with Crippen LogP contribution in [0.2, 0.25) is 0 Å². The number of nitrogens with one attached hydrogen (secondary N) is 1. The number of benzene rings is 1. The van der Waals surface area contributed by atoms with Crippen LogP contribution in [0.5, 0.6) is 5.75 Å². The third-order valence-electron chi connectivity index (χ3n) is 3.58.